The van der Waals surface area contributed by atoms with Crippen LogP contribution in [0.5, 0.6) is 0 Å². The highest BCUT2D eigenvalue weighted by molar-refractivity contribution is 6.13. The summed E-state index contributed by atoms with van der Waals surface area (Å²) >= 11 is 0. The zero-order chi connectivity index (χ0) is 20.3. The summed E-state index contributed by atoms with van der Waals surface area (Å²) in [7, 11) is 0. The van der Waals surface area contributed by atoms with Crippen LogP contribution in [0.25, 0.3) is 21.5 Å². The van der Waals surface area contributed by atoms with Crippen molar-refractivity contribution in [2.45, 2.75) is 13.5 Å². The maximum Gasteiger partial charge on any atom is 0.103 e. The van der Waals surface area contributed by atoms with Crippen molar-refractivity contribution in [3.05, 3.63) is 95.6 Å². The van der Waals surface area contributed by atoms with Crippen LogP contribution in [-0.4, -0.2) is 37.4 Å². The molecule has 0 aliphatic carbocycles. The zero-order valence-corrected chi connectivity index (χ0v) is 17.5. The minimum Gasteiger partial charge on any atom is -0.328 e. The third-order valence-corrected chi connectivity index (χ3v) is 6.18. The largest absolute Gasteiger partial charge is 0.328 e. The molecule has 3 nitrogen and oxygen atoms in total. The molecule has 3 heteroatoms. The maximum absolute atomic E-state index is 4.90. The van der Waals surface area contributed by atoms with Crippen molar-refractivity contribution >= 4 is 27.8 Å². The molecule has 1 aliphatic heterocycles. The van der Waals surface area contributed by atoms with Gasteiger partial charge in [-0.05, 0) is 34.5 Å². The monoisotopic (exact) mass is 394 g/mol. The van der Waals surface area contributed by atoms with E-state index in [4.69, 9.17) is 5.10 Å². The number of piperazine rings is 1. The van der Waals surface area contributed by atoms with Gasteiger partial charge in [-0.3, -0.25) is 5.01 Å². The molecule has 0 bridgehead atoms. The normalized spacial score (nSPS) is 15.4. The summed E-state index contributed by atoms with van der Waals surface area (Å²) in [4.78, 5) is 1.64. The average Bonchev–Trinajstić information content (AvgIpc) is 2.79. The number of benzene rings is 4. The Morgan fingerprint density at radius 1 is 0.833 bits per heavy atom. The quantitative estimate of drug-likeness (QED) is 0.409. The molecule has 150 valence electrons. The number of fused-ring (bicyclic) bond motifs is 2. The van der Waals surface area contributed by atoms with E-state index in [1.165, 1.54) is 38.2 Å². The van der Waals surface area contributed by atoms with Crippen molar-refractivity contribution in [1.82, 2.24) is 5.01 Å². The number of hydrogen-bond donors (Lipinski definition) is 1. The van der Waals surface area contributed by atoms with Crippen LogP contribution in [-0.2, 0) is 6.54 Å². The van der Waals surface area contributed by atoms with Crippen LogP contribution < -0.4 is 4.90 Å². The maximum atomic E-state index is 4.90. The number of nitrogens with one attached hydrogen (secondary N) is 1. The van der Waals surface area contributed by atoms with E-state index in [9.17, 15) is 0 Å². The van der Waals surface area contributed by atoms with E-state index in [-0.39, 0.29) is 0 Å². The third kappa shape index (κ3) is 3.94. The first-order valence-electron chi connectivity index (χ1n) is 10.8. The average molecular weight is 395 g/mol. The fourth-order valence-electron chi connectivity index (χ4n) is 4.43. The molecule has 4 aromatic rings. The molecule has 1 fully saturated rings. The van der Waals surface area contributed by atoms with E-state index in [0.29, 0.717) is 0 Å². The van der Waals surface area contributed by atoms with Crippen molar-refractivity contribution in [1.29, 1.82) is 0 Å². The van der Waals surface area contributed by atoms with Gasteiger partial charge in [0.05, 0.1) is 32.4 Å². The summed E-state index contributed by atoms with van der Waals surface area (Å²) in [6, 6.07) is 28.4. The first kappa shape index (κ1) is 18.8. The summed E-state index contributed by atoms with van der Waals surface area (Å²) in [6.07, 6.45) is 2.08. The molecule has 1 N–H and O–H groups in total. The number of nitrogens with zero attached hydrogens (tertiary/aromatic N) is 2. The van der Waals surface area contributed by atoms with Crippen LogP contribution in [0.4, 0.5) is 0 Å². The minimum absolute atomic E-state index is 1.00. The zero-order valence-electron chi connectivity index (χ0n) is 17.5. The molecule has 0 atom stereocenters. The van der Waals surface area contributed by atoms with Crippen molar-refractivity contribution in [3.63, 3.8) is 0 Å². The van der Waals surface area contributed by atoms with Crippen molar-refractivity contribution < 1.29 is 4.90 Å². The highest BCUT2D eigenvalue weighted by Crippen LogP contribution is 2.27. The second-order valence-electron chi connectivity index (χ2n) is 8.34. The number of rotatable bonds is 4. The molecule has 1 saturated heterocycles. The van der Waals surface area contributed by atoms with Crippen LogP contribution in [0.1, 0.15) is 16.7 Å². The van der Waals surface area contributed by atoms with Gasteiger partial charge < -0.3 is 4.90 Å². The first-order chi connectivity index (χ1) is 14.8. The number of hydrazone groups is 1. The molecule has 0 unspecified atom stereocenters. The highest BCUT2D eigenvalue weighted by atomic mass is 15.5. The Morgan fingerprint density at radius 2 is 1.43 bits per heavy atom. The van der Waals surface area contributed by atoms with Gasteiger partial charge in [0.25, 0.3) is 0 Å². The van der Waals surface area contributed by atoms with Crippen LogP contribution in [0.15, 0.2) is 84.0 Å². The molecular formula is C27H28N3+. The van der Waals surface area contributed by atoms with Gasteiger partial charge in [-0.1, -0.05) is 78.4 Å². The number of quaternary nitrogens is 1. The summed E-state index contributed by atoms with van der Waals surface area (Å²) in [5.74, 6) is 0. The Labute approximate surface area is 178 Å². The lowest BCUT2D eigenvalue weighted by Crippen LogP contribution is -3.13. The number of hydrogen-bond acceptors (Lipinski definition) is 2. The van der Waals surface area contributed by atoms with Gasteiger partial charge in [0.1, 0.15) is 6.54 Å². The molecule has 5 rings (SSSR count). The van der Waals surface area contributed by atoms with Gasteiger partial charge in [-0.15, -0.1) is 0 Å². The molecule has 0 amide bonds. The summed E-state index contributed by atoms with van der Waals surface area (Å²) in [6.45, 7) is 7.50. The van der Waals surface area contributed by atoms with Gasteiger partial charge in [0, 0.05) is 11.1 Å². The Hall–Kier alpha value is -3.17. The first-order valence-corrected chi connectivity index (χ1v) is 10.8. The van der Waals surface area contributed by atoms with E-state index in [0.717, 1.165) is 32.7 Å². The van der Waals surface area contributed by atoms with Gasteiger partial charge in [-0.25, -0.2) is 0 Å². The van der Waals surface area contributed by atoms with Gasteiger partial charge in [0.2, 0.25) is 0 Å². The molecule has 0 spiro atoms. The Morgan fingerprint density at radius 3 is 2.07 bits per heavy atom. The van der Waals surface area contributed by atoms with Crippen LogP contribution >= 0.6 is 0 Å². The van der Waals surface area contributed by atoms with E-state index in [2.05, 4.69) is 97.0 Å². The molecule has 0 radical (unpaired) electrons. The van der Waals surface area contributed by atoms with Crippen molar-refractivity contribution in [2.24, 2.45) is 5.10 Å². The van der Waals surface area contributed by atoms with Gasteiger partial charge in [-0.2, -0.15) is 5.10 Å². The Balaban J connectivity index is 1.32. The fourth-order valence-corrected chi connectivity index (χ4v) is 4.43. The smallest absolute Gasteiger partial charge is 0.103 e. The third-order valence-electron chi connectivity index (χ3n) is 6.18. The Bertz CT molecular complexity index is 1130. The molecule has 0 aromatic heterocycles. The van der Waals surface area contributed by atoms with Crippen LogP contribution in [0.2, 0.25) is 0 Å². The van der Waals surface area contributed by atoms with E-state index >= 15 is 0 Å². The molecule has 1 heterocycles. The highest BCUT2D eigenvalue weighted by Gasteiger charge is 2.19. The van der Waals surface area contributed by atoms with Gasteiger partial charge in [0.15, 0.2) is 0 Å². The molecule has 4 aromatic carbocycles. The van der Waals surface area contributed by atoms with E-state index < -0.39 is 0 Å². The standard InChI is InChI=1S/C27H27N3/c1-21-10-12-22(13-11-21)20-29-14-16-30(17-15-29)28-19-27-25-8-4-2-6-23(25)18-24-7-3-5-9-26(24)27/h2-13,18-19H,14-17,20H2,1H3/p+1. The summed E-state index contributed by atoms with van der Waals surface area (Å²) in [5, 5.41) is 12.2. The lowest BCUT2D eigenvalue weighted by Gasteiger charge is -2.30. The molecular weight excluding hydrogens is 366 g/mol. The van der Waals surface area contributed by atoms with Crippen molar-refractivity contribution in [3.8, 4) is 0 Å². The summed E-state index contributed by atoms with van der Waals surface area (Å²) in [5.41, 5.74) is 3.97. The predicted octanol–water partition coefficient (Wildman–Crippen LogP) is 4.04. The minimum atomic E-state index is 1.00. The second kappa shape index (κ2) is 8.29. The fraction of sp³-hybridized carbons (Fsp3) is 0.222. The topological polar surface area (TPSA) is 20.0 Å². The van der Waals surface area contributed by atoms with E-state index in [1.807, 2.05) is 0 Å². The van der Waals surface area contributed by atoms with Crippen LogP contribution in [0.3, 0.4) is 0 Å². The predicted molar refractivity (Wildman–Crippen MR) is 126 cm³/mol. The van der Waals surface area contributed by atoms with E-state index in [1.54, 1.807) is 4.90 Å². The molecule has 0 saturated carbocycles. The molecule has 30 heavy (non-hydrogen) atoms. The lowest BCUT2D eigenvalue weighted by molar-refractivity contribution is -0.918. The SMILES string of the molecule is Cc1ccc(C[NH+]2CCN(N=Cc3c4ccccc4cc4ccccc34)CC2)cc1. The van der Waals surface area contributed by atoms with Gasteiger partial charge >= 0.3 is 0 Å². The van der Waals surface area contributed by atoms with Crippen LogP contribution in [0, 0.1) is 6.92 Å². The summed E-state index contributed by atoms with van der Waals surface area (Å²) < 4.78 is 0. The molecule has 1 aliphatic rings. The lowest BCUT2D eigenvalue weighted by atomic mass is 9.97. The number of aryl methyl sites for hydroxylation is 1. The van der Waals surface area contributed by atoms with Crippen molar-refractivity contribution in [2.75, 3.05) is 26.2 Å². The Kier molecular flexibility index (Phi) is 5.20. The second-order valence-corrected chi connectivity index (χ2v) is 8.34.